The molecule has 0 amide bonds. The Labute approximate surface area is 107 Å². The van der Waals surface area contributed by atoms with E-state index < -0.39 is 0 Å². The summed E-state index contributed by atoms with van der Waals surface area (Å²) in [6.45, 7) is 7.67. The Morgan fingerprint density at radius 3 is 2.71 bits per heavy atom. The zero-order valence-corrected chi connectivity index (χ0v) is 11.2. The largest absolute Gasteiger partial charge is 0.395 e. The Balaban J connectivity index is 1.78. The second-order valence-electron chi connectivity index (χ2n) is 4.48. The van der Waals surface area contributed by atoms with Gasteiger partial charge in [-0.1, -0.05) is 6.92 Å². The van der Waals surface area contributed by atoms with Crippen molar-refractivity contribution in [3.8, 4) is 0 Å². The van der Waals surface area contributed by atoms with Gasteiger partial charge in [0, 0.05) is 43.8 Å². The number of aliphatic hydroxyl groups excluding tert-OH is 1. The van der Waals surface area contributed by atoms with Crippen LogP contribution < -0.4 is 0 Å². The molecule has 1 aromatic rings. The summed E-state index contributed by atoms with van der Waals surface area (Å²) < 4.78 is 0. The molecule has 0 radical (unpaired) electrons. The summed E-state index contributed by atoms with van der Waals surface area (Å²) >= 11 is 1.73. The van der Waals surface area contributed by atoms with Crippen LogP contribution in [0.3, 0.4) is 0 Å². The molecule has 2 rings (SSSR count). The summed E-state index contributed by atoms with van der Waals surface area (Å²) in [5.41, 5.74) is 0. The molecule has 96 valence electrons. The molecule has 1 saturated heterocycles. The lowest BCUT2D eigenvalue weighted by molar-refractivity contribution is 0.0608. The summed E-state index contributed by atoms with van der Waals surface area (Å²) in [4.78, 5) is 9.17. The van der Waals surface area contributed by atoms with Crippen molar-refractivity contribution in [3.63, 3.8) is 0 Å². The van der Waals surface area contributed by atoms with Gasteiger partial charge in [-0.15, -0.1) is 11.3 Å². The van der Waals surface area contributed by atoms with Gasteiger partial charge in [0.25, 0.3) is 0 Å². The second kappa shape index (κ2) is 6.44. The van der Waals surface area contributed by atoms with Crippen LogP contribution in [0.15, 0.2) is 11.6 Å². The van der Waals surface area contributed by atoms with Crippen LogP contribution in [0.25, 0.3) is 0 Å². The van der Waals surface area contributed by atoms with Crippen LogP contribution in [0.2, 0.25) is 0 Å². The van der Waals surface area contributed by atoms with Gasteiger partial charge in [0.2, 0.25) is 0 Å². The van der Waals surface area contributed by atoms with Gasteiger partial charge in [0.1, 0.15) is 5.01 Å². The Hall–Kier alpha value is -0.490. The van der Waals surface area contributed by atoms with E-state index >= 15 is 0 Å². The predicted molar refractivity (Wildman–Crippen MR) is 70.1 cm³/mol. The van der Waals surface area contributed by atoms with Gasteiger partial charge in [-0.3, -0.25) is 9.80 Å². The maximum atomic E-state index is 9.29. The van der Waals surface area contributed by atoms with Crippen molar-refractivity contribution in [2.75, 3.05) is 32.8 Å². The zero-order valence-electron chi connectivity index (χ0n) is 10.4. The fraction of sp³-hybridized carbons (Fsp3) is 0.750. The van der Waals surface area contributed by atoms with Crippen molar-refractivity contribution in [1.29, 1.82) is 0 Å². The Morgan fingerprint density at radius 2 is 2.18 bits per heavy atom. The first-order chi connectivity index (χ1) is 8.33. The second-order valence-corrected chi connectivity index (χ2v) is 5.46. The minimum absolute atomic E-state index is 0.281. The summed E-state index contributed by atoms with van der Waals surface area (Å²) in [7, 11) is 0. The normalized spacial score (nSPS) is 20.6. The number of hydrogen-bond acceptors (Lipinski definition) is 5. The third-order valence-electron chi connectivity index (χ3n) is 3.45. The van der Waals surface area contributed by atoms with E-state index in [1.54, 1.807) is 11.3 Å². The van der Waals surface area contributed by atoms with Crippen LogP contribution in [0.1, 0.15) is 18.4 Å². The third kappa shape index (κ3) is 3.48. The highest BCUT2D eigenvalue weighted by Gasteiger charge is 2.22. The van der Waals surface area contributed by atoms with E-state index in [-0.39, 0.29) is 6.61 Å². The fourth-order valence-electron chi connectivity index (χ4n) is 2.31. The van der Waals surface area contributed by atoms with E-state index in [4.69, 9.17) is 0 Å². The molecule has 0 aliphatic carbocycles. The minimum atomic E-state index is 0.281. The SMILES string of the molecule is CCC(CO)N1CCN(Cc2nccs2)CC1. The lowest BCUT2D eigenvalue weighted by atomic mass is 10.1. The molecule has 1 atom stereocenters. The smallest absolute Gasteiger partial charge is 0.107 e. The standard InChI is InChI=1S/C12H21N3OS/c1-2-11(10-16)15-6-4-14(5-7-15)9-12-13-3-8-17-12/h3,8,11,16H,2,4-7,9-10H2,1H3. The van der Waals surface area contributed by atoms with Crippen molar-refractivity contribution in [1.82, 2.24) is 14.8 Å². The molecular formula is C12H21N3OS. The molecule has 1 aromatic heterocycles. The van der Waals surface area contributed by atoms with E-state index in [2.05, 4.69) is 21.7 Å². The van der Waals surface area contributed by atoms with Gasteiger partial charge in [-0.25, -0.2) is 4.98 Å². The summed E-state index contributed by atoms with van der Waals surface area (Å²) in [6, 6.07) is 0.344. The van der Waals surface area contributed by atoms with E-state index in [1.807, 2.05) is 11.6 Å². The lowest BCUT2D eigenvalue weighted by Crippen LogP contribution is -2.50. The zero-order chi connectivity index (χ0) is 12.1. The molecule has 17 heavy (non-hydrogen) atoms. The molecule has 0 bridgehead atoms. The van der Waals surface area contributed by atoms with Crippen molar-refractivity contribution in [3.05, 3.63) is 16.6 Å². The quantitative estimate of drug-likeness (QED) is 0.853. The molecule has 1 N–H and O–H groups in total. The van der Waals surface area contributed by atoms with Crippen LogP contribution in [0, 0.1) is 0 Å². The summed E-state index contributed by atoms with van der Waals surface area (Å²) in [5.74, 6) is 0. The van der Waals surface area contributed by atoms with Crippen LogP contribution >= 0.6 is 11.3 Å². The van der Waals surface area contributed by atoms with Crippen LogP contribution in [0.5, 0.6) is 0 Å². The molecule has 0 spiro atoms. The Morgan fingerprint density at radius 1 is 1.41 bits per heavy atom. The number of nitrogens with zero attached hydrogens (tertiary/aromatic N) is 3. The highest BCUT2D eigenvalue weighted by Crippen LogP contribution is 2.13. The topological polar surface area (TPSA) is 39.6 Å². The summed E-state index contributed by atoms with van der Waals surface area (Å²) in [5, 5.41) is 12.5. The molecule has 2 heterocycles. The van der Waals surface area contributed by atoms with Gasteiger partial charge in [0.05, 0.1) is 13.2 Å². The summed E-state index contributed by atoms with van der Waals surface area (Å²) in [6.07, 6.45) is 2.90. The van der Waals surface area contributed by atoms with Crippen LogP contribution in [-0.4, -0.2) is 58.7 Å². The highest BCUT2D eigenvalue weighted by atomic mass is 32.1. The van der Waals surface area contributed by atoms with E-state index in [1.165, 1.54) is 5.01 Å². The average Bonchev–Trinajstić information content (AvgIpc) is 2.86. The number of hydrogen-bond donors (Lipinski definition) is 1. The molecular weight excluding hydrogens is 234 g/mol. The van der Waals surface area contributed by atoms with Gasteiger partial charge in [0.15, 0.2) is 0 Å². The Bertz CT molecular complexity index is 306. The number of rotatable bonds is 5. The highest BCUT2D eigenvalue weighted by molar-refractivity contribution is 7.09. The molecule has 1 unspecified atom stereocenters. The first-order valence-electron chi connectivity index (χ1n) is 6.29. The van der Waals surface area contributed by atoms with Gasteiger partial charge in [-0.05, 0) is 6.42 Å². The number of aromatic nitrogens is 1. The third-order valence-corrected chi connectivity index (χ3v) is 4.21. The maximum absolute atomic E-state index is 9.29. The van der Waals surface area contributed by atoms with E-state index in [0.717, 1.165) is 39.1 Å². The number of piperazine rings is 1. The minimum Gasteiger partial charge on any atom is -0.395 e. The predicted octanol–water partition coefficient (Wildman–Crippen LogP) is 1.03. The first kappa shape index (κ1) is 13.0. The molecule has 1 aliphatic heterocycles. The lowest BCUT2D eigenvalue weighted by Gasteiger charge is -2.38. The van der Waals surface area contributed by atoms with Crippen molar-refractivity contribution in [2.45, 2.75) is 25.9 Å². The fourth-order valence-corrected chi connectivity index (χ4v) is 2.97. The molecule has 5 heteroatoms. The monoisotopic (exact) mass is 255 g/mol. The van der Waals surface area contributed by atoms with Crippen molar-refractivity contribution < 1.29 is 5.11 Å². The number of aliphatic hydroxyl groups is 1. The van der Waals surface area contributed by atoms with E-state index in [0.29, 0.717) is 6.04 Å². The van der Waals surface area contributed by atoms with Gasteiger partial charge in [-0.2, -0.15) is 0 Å². The molecule has 1 fully saturated rings. The molecule has 4 nitrogen and oxygen atoms in total. The van der Waals surface area contributed by atoms with Crippen molar-refractivity contribution in [2.24, 2.45) is 0 Å². The average molecular weight is 255 g/mol. The maximum Gasteiger partial charge on any atom is 0.107 e. The van der Waals surface area contributed by atoms with Gasteiger partial charge >= 0.3 is 0 Å². The van der Waals surface area contributed by atoms with Gasteiger partial charge < -0.3 is 5.11 Å². The van der Waals surface area contributed by atoms with Crippen LogP contribution in [0.4, 0.5) is 0 Å². The van der Waals surface area contributed by atoms with E-state index in [9.17, 15) is 5.11 Å². The number of thiazole rings is 1. The van der Waals surface area contributed by atoms with Crippen molar-refractivity contribution >= 4 is 11.3 Å². The first-order valence-corrected chi connectivity index (χ1v) is 7.17. The Kier molecular flexibility index (Phi) is 4.91. The molecule has 0 saturated carbocycles. The molecule has 1 aliphatic rings. The molecule has 0 aromatic carbocycles. The van der Waals surface area contributed by atoms with Crippen LogP contribution in [-0.2, 0) is 6.54 Å².